The molecule has 6 nitrogen and oxygen atoms in total. The van der Waals surface area contributed by atoms with E-state index in [0.717, 1.165) is 4.47 Å². The molecule has 0 aliphatic rings. The lowest BCUT2D eigenvalue weighted by Crippen LogP contribution is -2.44. The molecule has 0 radical (unpaired) electrons. The smallest absolute Gasteiger partial charge is 0.251 e. The van der Waals surface area contributed by atoms with E-state index in [9.17, 15) is 9.59 Å². The fraction of sp³-hybridized carbons (Fsp3) is 0.353. The quantitative estimate of drug-likeness (QED) is 0.785. The molecule has 2 rings (SSSR count). The molecule has 2 N–H and O–H groups in total. The van der Waals surface area contributed by atoms with Gasteiger partial charge in [0.05, 0.1) is 0 Å². The van der Waals surface area contributed by atoms with Crippen LogP contribution in [0.4, 0.5) is 5.82 Å². The molecule has 2 aromatic rings. The molecule has 0 spiro atoms. The number of hydrogen-bond acceptors (Lipinski definition) is 4. The zero-order valence-electron chi connectivity index (χ0n) is 13.8. The van der Waals surface area contributed by atoms with Crippen LogP contribution in [-0.2, 0) is 4.79 Å². The Morgan fingerprint density at radius 1 is 1.29 bits per heavy atom. The summed E-state index contributed by atoms with van der Waals surface area (Å²) in [5, 5.41) is 9.20. The summed E-state index contributed by atoms with van der Waals surface area (Å²) in [5.74, 6) is 0.559. The van der Waals surface area contributed by atoms with Crippen LogP contribution in [0, 0.1) is 12.8 Å². The lowest BCUT2D eigenvalue weighted by Gasteiger charge is -2.19. The third-order valence-corrected chi connectivity index (χ3v) is 3.79. The zero-order chi connectivity index (χ0) is 17.7. The van der Waals surface area contributed by atoms with Crippen LogP contribution in [0.2, 0.25) is 0 Å². The first kappa shape index (κ1) is 18.2. The normalized spacial score (nSPS) is 12.0. The second-order valence-corrected chi connectivity index (χ2v) is 6.89. The van der Waals surface area contributed by atoms with Crippen molar-refractivity contribution >= 4 is 33.6 Å². The van der Waals surface area contributed by atoms with E-state index in [2.05, 4.69) is 31.7 Å². The van der Waals surface area contributed by atoms with Gasteiger partial charge in [-0.3, -0.25) is 9.59 Å². The van der Waals surface area contributed by atoms with Crippen LogP contribution in [0.25, 0.3) is 0 Å². The van der Waals surface area contributed by atoms with Crippen molar-refractivity contribution in [3.63, 3.8) is 0 Å². The van der Waals surface area contributed by atoms with E-state index >= 15 is 0 Å². The zero-order valence-corrected chi connectivity index (χ0v) is 15.4. The molecular formula is C17H20BrN3O3. The van der Waals surface area contributed by atoms with E-state index in [4.69, 9.17) is 4.52 Å². The fourth-order valence-corrected chi connectivity index (χ4v) is 2.61. The van der Waals surface area contributed by atoms with Crippen molar-refractivity contribution in [3.05, 3.63) is 46.1 Å². The summed E-state index contributed by atoms with van der Waals surface area (Å²) in [6.07, 6.45) is 0.516. The van der Waals surface area contributed by atoms with Gasteiger partial charge in [-0.25, -0.2) is 0 Å². The molecule has 1 atom stereocenters. The Bertz CT molecular complexity index is 727. The minimum atomic E-state index is -0.659. The van der Waals surface area contributed by atoms with E-state index in [0.29, 0.717) is 23.6 Å². The first-order valence-corrected chi connectivity index (χ1v) is 8.45. The average molecular weight is 394 g/mol. The van der Waals surface area contributed by atoms with Crippen LogP contribution in [0.5, 0.6) is 0 Å². The Kier molecular flexibility index (Phi) is 6.14. The number of carbonyl (C=O) groups excluding carboxylic acids is 2. The molecule has 0 fully saturated rings. The number of rotatable bonds is 6. The average Bonchev–Trinajstić information content (AvgIpc) is 2.91. The van der Waals surface area contributed by atoms with Gasteiger partial charge in [0.15, 0.2) is 5.82 Å². The van der Waals surface area contributed by atoms with Crippen LogP contribution in [0.3, 0.4) is 0 Å². The predicted octanol–water partition coefficient (Wildman–Crippen LogP) is 3.53. The SMILES string of the molecule is Cc1cc(NC(=O)[C@H](CC(C)C)NC(=O)c2cccc(Br)c2)no1. The van der Waals surface area contributed by atoms with Gasteiger partial charge in [0.2, 0.25) is 5.91 Å². The number of amides is 2. The monoisotopic (exact) mass is 393 g/mol. The van der Waals surface area contributed by atoms with Crippen LogP contribution < -0.4 is 10.6 Å². The Balaban J connectivity index is 2.09. The van der Waals surface area contributed by atoms with Gasteiger partial charge in [0.25, 0.3) is 5.91 Å². The lowest BCUT2D eigenvalue weighted by molar-refractivity contribution is -0.118. The standard InChI is InChI=1S/C17H20BrN3O3/c1-10(2)7-14(17(23)20-15-8-11(3)24-21-15)19-16(22)12-5-4-6-13(18)9-12/h4-6,8-10,14H,7H2,1-3H3,(H,19,22)(H,20,21,23)/t14-/m0/s1. The fourth-order valence-electron chi connectivity index (χ4n) is 2.21. The van der Waals surface area contributed by atoms with Crippen molar-refractivity contribution in [2.24, 2.45) is 5.92 Å². The number of anilines is 1. The minimum absolute atomic E-state index is 0.239. The van der Waals surface area contributed by atoms with Crippen molar-refractivity contribution in [1.29, 1.82) is 0 Å². The molecule has 0 aliphatic carbocycles. The first-order chi connectivity index (χ1) is 11.3. The van der Waals surface area contributed by atoms with Crippen molar-refractivity contribution in [1.82, 2.24) is 10.5 Å². The Labute approximate surface area is 149 Å². The lowest BCUT2D eigenvalue weighted by atomic mass is 10.0. The Hall–Kier alpha value is -2.15. The largest absolute Gasteiger partial charge is 0.360 e. The molecule has 1 aromatic carbocycles. The first-order valence-electron chi connectivity index (χ1n) is 7.65. The highest BCUT2D eigenvalue weighted by atomic mass is 79.9. The van der Waals surface area contributed by atoms with Crippen molar-refractivity contribution in [2.75, 3.05) is 5.32 Å². The number of nitrogens with one attached hydrogen (secondary N) is 2. The molecule has 0 aliphatic heterocycles. The topological polar surface area (TPSA) is 84.2 Å². The third kappa shape index (κ3) is 5.19. The molecule has 1 aromatic heterocycles. The summed E-state index contributed by atoms with van der Waals surface area (Å²) in [4.78, 5) is 24.9. The second kappa shape index (κ2) is 8.10. The van der Waals surface area contributed by atoms with E-state index < -0.39 is 6.04 Å². The molecular weight excluding hydrogens is 374 g/mol. The van der Waals surface area contributed by atoms with Crippen molar-refractivity contribution in [3.8, 4) is 0 Å². The van der Waals surface area contributed by atoms with Crippen molar-refractivity contribution < 1.29 is 14.1 Å². The van der Waals surface area contributed by atoms with Crippen LogP contribution in [-0.4, -0.2) is 23.0 Å². The summed E-state index contributed by atoms with van der Waals surface area (Å²) in [5.41, 5.74) is 0.489. The number of aromatic nitrogens is 1. The number of benzene rings is 1. The van der Waals surface area contributed by atoms with Crippen LogP contribution >= 0.6 is 15.9 Å². The Morgan fingerprint density at radius 2 is 2.04 bits per heavy atom. The summed E-state index contributed by atoms with van der Waals surface area (Å²) >= 11 is 3.33. The number of aryl methyl sites for hydroxylation is 1. The van der Waals surface area contributed by atoms with Gasteiger partial charge in [0, 0.05) is 16.1 Å². The molecule has 0 saturated heterocycles. The third-order valence-electron chi connectivity index (χ3n) is 3.29. The molecule has 0 unspecified atom stereocenters. The molecule has 24 heavy (non-hydrogen) atoms. The highest BCUT2D eigenvalue weighted by molar-refractivity contribution is 9.10. The molecule has 2 amide bonds. The van der Waals surface area contributed by atoms with E-state index in [1.807, 2.05) is 19.9 Å². The number of halogens is 1. The minimum Gasteiger partial charge on any atom is -0.360 e. The van der Waals surface area contributed by atoms with Gasteiger partial charge >= 0.3 is 0 Å². The van der Waals surface area contributed by atoms with Gasteiger partial charge in [-0.05, 0) is 37.5 Å². The van der Waals surface area contributed by atoms with Gasteiger partial charge in [-0.2, -0.15) is 0 Å². The molecule has 0 saturated carbocycles. The molecule has 128 valence electrons. The maximum atomic E-state index is 12.5. The highest BCUT2D eigenvalue weighted by Gasteiger charge is 2.23. The van der Waals surface area contributed by atoms with Crippen molar-refractivity contribution in [2.45, 2.75) is 33.2 Å². The van der Waals surface area contributed by atoms with E-state index in [-0.39, 0.29) is 17.7 Å². The number of nitrogens with zero attached hydrogens (tertiary/aromatic N) is 1. The summed E-state index contributed by atoms with van der Waals surface area (Å²) in [6.45, 7) is 5.72. The molecule has 0 bridgehead atoms. The number of carbonyl (C=O) groups is 2. The maximum Gasteiger partial charge on any atom is 0.251 e. The van der Waals surface area contributed by atoms with Gasteiger partial charge in [0.1, 0.15) is 11.8 Å². The van der Waals surface area contributed by atoms with Gasteiger partial charge in [-0.15, -0.1) is 0 Å². The number of hydrogen-bond donors (Lipinski definition) is 2. The van der Waals surface area contributed by atoms with E-state index in [1.54, 1.807) is 31.2 Å². The maximum absolute atomic E-state index is 12.5. The molecule has 1 heterocycles. The van der Waals surface area contributed by atoms with Crippen LogP contribution in [0.1, 0.15) is 36.4 Å². The molecule has 7 heteroatoms. The van der Waals surface area contributed by atoms with E-state index in [1.165, 1.54) is 0 Å². The van der Waals surface area contributed by atoms with Gasteiger partial charge < -0.3 is 15.2 Å². The highest BCUT2D eigenvalue weighted by Crippen LogP contribution is 2.14. The summed E-state index contributed by atoms with van der Waals surface area (Å²) in [6, 6.07) is 7.98. The second-order valence-electron chi connectivity index (χ2n) is 5.98. The van der Waals surface area contributed by atoms with Crippen LogP contribution in [0.15, 0.2) is 39.3 Å². The summed E-state index contributed by atoms with van der Waals surface area (Å²) < 4.78 is 5.74. The summed E-state index contributed by atoms with van der Waals surface area (Å²) in [7, 11) is 0. The predicted molar refractivity (Wildman–Crippen MR) is 94.7 cm³/mol. The Morgan fingerprint density at radius 3 is 2.62 bits per heavy atom. The van der Waals surface area contributed by atoms with Gasteiger partial charge in [-0.1, -0.05) is 41.0 Å².